The zero-order valence-electron chi connectivity index (χ0n) is 8.08. The van der Waals surface area contributed by atoms with Gasteiger partial charge < -0.3 is 15.4 Å². The van der Waals surface area contributed by atoms with E-state index in [9.17, 15) is 5.11 Å². The van der Waals surface area contributed by atoms with Crippen molar-refractivity contribution in [1.29, 1.82) is 0 Å². The minimum atomic E-state index is -0.309. The highest BCUT2D eigenvalue weighted by molar-refractivity contribution is 4.92. The van der Waals surface area contributed by atoms with Gasteiger partial charge in [0.1, 0.15) is 0 Å². The molecule has 1 aliphatic rings. The first-order valence-corrected chi connectivity index (χ1v) is 4.89. The van der Waals surface area contributed by atoms with E-state index < -0.39 is 0 Å². The predicted molar refractivity (Wildman–Crippen MR) is 52.8 cm³/mol. The van der Waals surface area contributed by atoms with Gasteiger partial charge >= 0.3 is 0 Å². The Morgan fingerprint density at radius 2 is 2.36 bits per heavy atom. The summed E-state index contributed by atoms with van der Waals surface area (Å²) in [4.78, 5) is 6.16. The quantitative estimate of drug-likeness (QED) is 0.654. The van der Waals surface area contributed by atoms with Gasteiger partial charge in [-0.2, -0.15) is 0 Å². The van der Waals surface area contributed by atoms with Crippen LogP contribution < -0.4 is 5.73 Å². The van der Waals surface area contributed by atoms with E-state index in [0.717, 1.165) is 13.1 Å². The molecule has 0 spiro atoms. The van der Waals surface area contributed by atoms with Crippen LogP contribution in [0.5, 0.6) is 0 Å². The molecular formula is C9H16N4O. The number of imidazole rings is 1. The molecule has 5 nitrogen and oxygen atoms in total. The zero-order chi connectivity index (χ0) is 9.97. The molecule has 14 heavy (non-hydrogen) atoms. The number of nitrogens with zero attached hydrogens (tertiary/aromatic N) is 3. The van der Waals surface area contributed by atoms with Gasteiger partial charge in [0.15, 0.2) is 0 Å². The molecule has 0 aliphatic carbocycles. The number of aromatic nitrogens is 2. The topological polar surface area (TPSA) is 67.3 Å². The van der Waals surface area contributed by atoms with Crippen LogP contribution >= 0.6 is 0 Å². The Hall–Kier alpha value is -0.910. The predicted octanol–water partition coefficient (Wildman–Crippen LogP) is -0.941. The van der Waals surface area contributed by atoms with Crippen LogP contribution in [0.3, 0.4) is 0 Å². The second kappa shape index (κ2) is 4.08. The van der Waals surface area contributed by atoms with Crippen molar-refractivity contribution in [2.75, 3.05) is 26.2 Å². The molecule has 1 aromatic heterocycles. The number of aliphatic hydroxyl groups excluding tert-OH is 1. The molecule has 5 heteroatoms. The lowest BCUT2D eigenvalue weighted by Crippen LogP contribution is -2.28. The summed E-state index contributed by atoms with van der Waals surface area (Å²) in [6.45, 7) is 3.06. The molecular weight excluding hydrogens is 180 g/mol. The SMILES string of the molecule is NCCN1C[C@@H](O)[C@@H](n2ccnc2)C1. The van der Waals surface area contributed by atoms with Crippen LogP contribution in [0.1, 0.15) is 6.04 Å². The summed E-state index contributed by atoms with van der Waals surface area (Å²) in [5.74, 6) is 0. The summed E-state index contributed by atoms with van der Waals surface area (Å²) in [7, 11) is 0. The Balaban J connectivity index is 2.01. The van der Waals surface area contributed by atoms with Crippen LogP contribution in [0.25, 0.3) is 0 Å². The monoisotopic (exact) mass is 196 g/mol. The van der Waals surface area contributed by atoms with Gasteiger partial charge in [0.05, 0.1) is 18.5 Å². The third kappa shape index (κ3) is 1.79. The Bertz CT molecular complexity index is 274. The standard InChI is InChI=1S/C9H16N4O/c10-1-3-12-5-8(9(14)6-12)13-4-2-11-7-13/h2,4,7-9,14H,1,3,5-6,10H2/t8-,9+/m0/s1. The maximum Gasteiger partial charge on any atom is 0.0949 e. The molecule has 0 saturated carbocycles. The van der Waals surface area contributed by atoms with Crippen LogP contribution in [0, 0.1) is 0 Å². The van der Waals surface area contributed by atoms with Crippen LogP contribution in [-0.2, 0) is 0 Å². The average molecular weight is 196 g/mol. The van der Waals surface area contributed by atoms with Crippen molar-refractivity contribution >= 4 is 0 Å². The van der Waals surface area contributed by atoms with E-state index in [1.807, 2.05) is 10.8 Å². The van der Waals surface area contributed by atoms with Crippen LogP contribution in [0.4, 0.5) is 0 Å². The lowest BCUT2D eigenvalue weighted by Gasteiger charge is -2.15. The summed E-state index contributed by atoms with van der Waals surface area (Å²) >= 11 is 0. The van der Waals surface area contributed by atoms with E-state index in [4.69, 9.17) is 5.73 Å². The number of β-amino-alcohol motifs (C(OH)–C–C–N with tert-alkyl or cyclic N) is 1. The molecule has 1 aliphatic heterocycles. The molecule has 0 unspecified atom stereocenters. The average Bonchev–Trinajstić information content (AvgIpc) is 2.74. The second-order valence-corrected chi connectivity index (χ2v) is 3.69. The minimum absolute atomic E-state index is 0.129. The molecule has 1 saturated heterocycles. The summed E-state index contributed by atoms with van der Waals surface area (Å²) in [6.07, 6.45) is 5.06. The largest absolute Gasteiger partial charge is 0.390 e. The maximum atomic E-state index is 9.83. The fourth-order valence-corrected chi connectivity index (χ4v) is 1.97. The summed E-state index contributed by atoms with van der Waals surface area (Å²) in [6, 6.07) is 0.129. The molecule has 3 N–H and O–H groups in total. The zero-order valence-corrected chi connectivity index (χ0v) is 8.08. The van der Waals surface area contributed by atoms with Gasteiger partial charge in [-0.3, -0.25) is 4.90 Å². The fraction of sp³-hybridized carbons (Fsp3) is 0.667. The lowest BCUT2D eigenvalue weighted by molar-refractivity contribution is 0.144. The van der Waals surface area contributed by atoms with Crippen LogP contribution in [0.15, 0.2) is 18.7 Å². The van der Waals surface area contributed by atoms with Crippen molar-refractivity contribution < 1.29 is 5.11 Å². The van der Waals surface area contributed by atoms with Crippen molar-refractivity contribution in [3.05, 3.63) is 18.7 Å². The molecule has 0 amide bonds. The van der Waals surface area contributed by atoms with Crippen LogP contribution in [0.2, 0.25) is 0 Å². The van der Waals surface area contributed by atoms with Gasteiger partial charge in [0.25, 0.3) is 0 Å². The molecule has 1 fully saturated rings. The first kappa shape index (κ1) is 9.64. The van der Waals surface area contributed by atoms with E-state index in [1.165, 1.54) is 0 Å². The van der Waals surface area contributed by atoms with Crippen LogP contribution in [-0.4, -0.2) is 51.8 Å². The van der Waals surface area contributed by atoms with E-state index in [-0.39, 0.29) is 12.1 Å². The molecule has 2 heterocycles. The van der Waals surface area contributed by atoms with E-state index in [2.05, 4.69) is 9.88 Å². The number of hydrogen-bond donors (Lipinski definition) is 2. The maximum absolute atomic E-state index is 9.83. The fourth-order valence-electron chi connectivity index (χ4n) is 1.97. The van der Waals surface area contributed by atoms with Crippen molar-refractivity contribution in [3.8, 4) is 0 Å². The molecule has 2 atom stereocenters. The summed E-state index contributed by atoms with van der Waals surface area (Å²) in [5, 5.41) is 9.83. The first-order valence-electron chi connectivity index (χ1n) is 4.89. The van der Waals surface area contributed by atoms with Gasteiger partial charge in [-0.15, -0.1) is 0 Å². The van der Waals surface area contributed by atoms with Gasteiger partial charge in [-0.05, 0) is 0 Å². The number of aliphatic hydroxyl groups is 1. The van der Waals surface area contributed by atoms with Crippen molar-refractivity contribution in [1.82, 2.24) is 14.5 Å². The highest BCUT2D eigenvalue weighted by Crippen LogP contribution is 2.21. The molecule has 0 bridgehead atoms. The third-order valence-electron chi connectivity index (χ3n) is 2.69. The highest BCUT2D eigenvalue weighted by atomic mass is 16.3. The minimum Gasteiger partial charge on any atom is -0.390 e. The summed E-state index contributed by atoms with van der Waals surface area (Å²) < 4.78 is 1.96. The Kier molecular flexibility index (Phi) is 2.81. The summed E-state index contributed by atoms with van der Waals surface area (Å²) in [5.41, 5.74) is 5.48. The normalized spacial score (nSPS) is 28.4. The molecule has 1 aromatic rings. The van der Waals surface area contributed by atoms with Gasteiger partial charge in [0.2, 0.25) is 0 Å². The smallest absolute Gasteiger partial charge is 0.0949 e. The number of nitrogens with two attached hydrogens (primary N) is 1. The van der Waals surface area contributed by atoms with Crippen molar-refractivity contribution in [3.63, 3.8) is 0 Å². The van der Waals surface area contributed by atoms with Gasteiger partial charge in [-0.1, -0.05) is 0 Å². The van der Waals surface area contributed by atoms with Gasteiger partial charge in [0, 0.05) is 38.6 Å². The molecule has 0 aromatic carbocycles. The first-order chi connectivity index (χ1) is 6.81. The molecule has 0 radical (unpaired) electrons. The van der Waals surface area contributed by atoms with Gasteiger partial charge in [-0.25, -0.2) is 4.98 Å². The number of rotatable bonds is 3. The van der Waals surface area contributed by atoms with E-state index in [1.54, 1.807) is 12.5 Å². The van der Waals surface area contributed by atoms with Crippen molar-refractivity contribution in [2.24, 2.45) is 5.73 Å². The molecule has 78 valence electrons. The highest BCUT2D eigenvalue weighted by Gasteiger charge is 2.31. The molecule has 2 rings (SSSR count). The second-order valence-electron chi connectivity index (χ2n) is 3.69. The van der Waals surface area contributed by atoms with E-state index >= 15 is 0 Å². The lowest BCUT2D eigenvalue weighted by atomic mass is 10.2. The van der Waals surface area contributed by atoms with E-state index in [0.29, 0.717) is 13.1 Å². The third-order valence-corrected chi connectivity index (χ3v) is 2.69. The Morgan fingerprint density at radius 1 is 1.50 bits per heavy atom. The Labute approximate surface area is 83.1 Å². The number of likely N-dealkylation sites (tertiary alicyclic amines) is 1. The number of hydrogen-bond acceptors (Lipinski definition) is 4. The van der Waals surface area contributed by atoms with Crippen molar-refractivity contribution in [2.45, 2.75) is 12.1 Å². The Morgan fingerprint density at radius 3 is 3.00 bits per heavy atom.